The number of aromatic amines is 2. The molecule has 36 heavy (non-hydrogen) atoms. The minimum atomic E-state index is -0.944. The maximum atomic E-state index is 13.0. The molecular weight excluding hydrogens is 460 g/mol. The Morgan fingerprint density at radius 3 is 1.56 bits per heavy atom. The lowest BCUT2D eigenvalue weighted by Gasteiger charge is -2.21. The molecule has 188 valence electrons. The topological polar surface area (TPSA) is 125 Å². The van der Waals surface area contributed by atoms with Crippen molar-refractivity contribution < 1.29 is 23.9 Å². The average Bonchev–Trinajstić information content (AvgIpc) is 3.48. The van der Waals surface area contributed by atoms with Crippen molar-refractivity contribution in [2.45, 2.75) is 38.8 Å². The Balaban J connectivity index is 1.51. The number of carbonyl (C=O) groups is 3. The van der Waals surface area contributed by atoms with E-state index in [0.29, 0.717) is 0 Å². The molecule has 0 aliphatic carbocycles. The quantitative estimate of drug-likeness (QED) is 0.253. The van der Waals surface area contributed by atoms with Crippen molar-refractivity contribution in [2.24, 2.45) is 0 Å². The van der Waals surface area contributed by atoms with Crippen LogP contribution < -0.4 is 10.6 Å². The van der Waals surface area contributed by atoms with Crippen LogP contribution in [0.15, 0.2) is 60.9 Å². The summed E-state index contributed by atoms with van der Waals surface area (Å²) in [7, 11) is 0. The molecular formula is C27H30N4O5. The number of hydrogen-bond donors (Lipinski definition) is 4. The fourth-order valence-corrected chi connectivity index (χ4v) is 4.27. The van der Waals surface area contributed by atoms with Gasteiger partial charge in [0, 0.05) is 47.0 Å². The van der Waals surface area contributed by atoms with Crippen molar-refractivity contribution in [2.75, 3.05) is 13.2 Å². The monoisotopic (exact) mass is 490 g/mol. The number of ether oxygens (including phenoxy) is 2. The number of esters is 2. The summed E-state index contributed by atoms with van der Waals surface area (Å²) in [5.74, 6) is -1.11. The molecule has 4 rings (SSSR count). The first-order valence-corrected chi connectivity index (χ1v) is 12.0. The molecule has 9 nitrogen and oxygen atoms in total. The number of hydrogen-bond acceptors (Lipinski definition) is 5. The molecule has 0 bridgehead atoms. The van der Waals surface area contributed by atoms with Crippen LogP contribution in [0, 0.1) is 0 Å². The first-order valence-electron chi connectivity index (χ1n) is 12.0. The van der Waals surface area contributed by atoms with Gasteiger partial charge in [0.05, 0.1) is 13.2 Å². The summed E-state index contributed by atoms with van der Waals surface area (Å²) in [6.07, 6.45) is 4.08. The molecule has 0 saturated heterocycles. The van der Waals surface area contributed by atoms with Crippen LogP contribution in [-0.4, -0.2) is 53.2 Å². The Bertz CT molecular complexity index is 1260. The maximum Gasteiger partial charge on any atom is 0.329 e. The first kappa shape index (κ1) is 24.8. The van der Waals surface area contributed by atoms with E-state index < -0.39 is 30.1 Å². The van der Waals surface area contributed by atoms with Crippen LogP contribution in [0.25, 0.3) is 21.8 Å². The second-order valence-electron chi connectivity index (χ2n) is 8.35. The molecule has 0 radical (unpaired) electrons. The van der Waals surface area contributed by atoms with Gasteiger partial charge in [-0.3, -0.25) is 0 Å². The molecule has 0 aliphatic rings. The number of carbonyl (C=O) groups excluding carboxylic acids is 3. The van der Waals surface area contributed by atoms with Crippen molar-refractivity contribution in [1.29, 1.82) is 0 Å². The molecule has 2 unspecified atom stereocenters. The number of aromatic nitrogens is 2. The van der Waals surface area contributed by atoms with Crippen LogP contribution in [0.3, 0.4) is 0 Å². The van der Waals surface area contributed by atoms with Gasteiger partial charge in [-0.2, -0.15) is 0 Å². The highest BCUT2D eigenvalue weighted by Crippen LogP contribution is 2.21. The number of H-pyrrole nitrogens is 2. The lowest BCUT2D eigenvalue weighted by Crippen LogP contribution is -2.53. The van der Waals surface area contributed by atoms with Gasteiger partial charge in [-0.1, -0.05) is 36.4 Å². The van der Waals surface area contributed by atoms with Gasteiger partial charge in [0.2, 0.25) is 0 Å². The summed E-state index contributed by atoms with van der Waals surface area (Å²) in [6.45, 7) is 3.77. The molecule has 2 aromatic carbocycles. The highest BCUT2D eigenvalue weighted by molar-refractivity contribution is 5.90. The normalized spacial score (nSPS) is 12.7. The Kier molecular flexibility index (Phi) is 7.89. The summed E-state index contributed by atoms with van der Waals surface area (Å²) in [6, 6.07) is 12.9. The third kappa shape index (κ3) is 5.68. The second-order valence-corrected chi connectivity index (χ2v) is 8.35. The maximum absolute atomic E-state index is 13.0. The molecule has 2 amide bonds. The van der Waals surface area contributed by atoms with Gasteiger partial charge in [-0.25, -0.2) is 14.4 Å². The zero-order chi connectivity index (χ0) is 25.5. The van der Waals surface area contributed by atoms with E-state index in [2.05, 4.69) is 20.6 Å². The number of fused-ring (bicyclic) bond motifs is 2. The molecule has 0 spiro atoms. The van der Waals surface area contributed by atoms with E-state index in [-0.39, 0.29) is 26.1 Å². The second kappa shape index (κ2) is 11.4. The van der Waals surface area contributed by atoms with E-state index >= 15 is 0 Å². The molecule has 0 aliphatic heterocycles. The molecule has 9 heteroatoms. The van der Waals surface area contributed by atoms with Gasteiger partial charge in [0.25, 0.3) is 0 Å². The van der Waals surface area contributed by atoms with E-state index in [1.54, 1.807) is 13.8 Å². The minimum absolute atomic E-state index is 0.179. The SMILES string of the molecule is CCOC(=O)C(Cc1c[nH]c2ccccc12)NC(=O)NC(Cc1c[nH]c2ccccc12)C(=O)OCC. The lowest BCUT2D eigenvalue weighted by atomic mass is 10.0. The Morgan fingerprint density at radius 2 is 1.14 bits per heavy atom. The van der Waals surface area contributed by atoms with Gasteiger partial charge in [0.1, 0.15) is 12.1 Å². The fraction of sp³-hybridized carbons (Fsp3) is 0.296. The average molecular weight is 491 g/mol. The van der Waals surface area contributed by atoms with E-state index in [1.807, 2.05) is 60.9 Å². The molecule has 2 heterocycles. The number of para-hydroxylation sites is 2. The molecule has 0 fully saturated rings. The molecule has 2 atom stereocenters. The lowest BCUT2D eigenvalue weighted by molar-refractivity contribution is -0.145. The smallest absolute Gasteiger partial charge is 0.329 e. The van der Waals surface area contributed by atoms with Crippen molar-refractivity contribution >= 4 is 39.8 Å². The van der Waals surface area contributed by atoms with Crippen molar-refractivity contribution in [3.8, 4) is 0 Å². The summed E-state index contributed by atoms with van der Waals surface area (Å²) >= 11 is 0. The van der Waals surface area contributed by atoms with Crippen LogP contribution in [0.4, 0.5) is 4.79 Å². The van der Waals surface area contributed by atoms with Gasteiger partial charge < -0.3 is 30.1 Å². The zero-order valence-electron chi connectivity index (χ0n) is 20.3. The predicted molar refractivity (Wildman–Crippen MR) is 137 cm³/mol. The van der Waals surface area contributed by atoms with Crippen LogP contribution in [0.1, 0.15) is 25.0 Å². The largest absolute Gasteiger partial charge is 0.464 e. The molecule has 0 saturated carbocycles. The zero-order valence-corrected chi connectivity index (χ0v) is 20.3. The number of nitrogens with one attached hydrogen (secondary N) is 4. The van der Waals surface area contributed by atoms with Crippen LogP contribution in [0.2, 0.25) is 0 Å². The van der Waals surface area contributed by atoms with Crippen molar-refractivity contribution in [1.82, 2.24) is 20.6 Å². The fourth-order valence-electron chi connectivity index (χ4n) is 4.27. The highest BCUT2D eigenvalue weighted by Gasteiger charge is 2.28. The Hall–Kier alpha value is -4.27. The van der Waals surface area contributed by atoms with Crippen molar-refractivity contribution in [3.05, 3.63) is 72.1 Å². The summed E-state index contributed by atoms with van der Waals surface area (Å²) < 4.78 is 10.4. The minimum Gasteiger partial charge on any atom is -0.464 e. The highest BCUT2D eigenvalue weighted by atomic mass is 16.5. The van der Waals surface area contributed by atoms with E-state index in [1.165, 1.54) is 0 Å². The summed E-state index contributed by atoms with van der Waals surface area (Å²) in [4.78, 5) is 44.7. The van der Waals surface area contributed by atoms with Crippen LogP contribution in [0.5, 0.6) is 0 Å². The van der Waals surface area contributed by atoms with Crippen LogP contribution in [-0.2, 0) is 31.9 Å². The number of rotatable bonds is 10. The number of amides is 2. The first-order chi connectivity index (χ1) is 17.5. The Morgan fingerprint density at radius 1 is 0.722 bits per heavy atom. The van der Waals surface area contributed by atoms with Gasteiger partial charge in [0.15, 0.2) is 0 Å². The van der Waals surface area contributed by atoms with Gasteiger partial charge in [-0.15, -0.1) is 0 Å². The molecule has 4 aromatic rings. The standard InChI is InChI=1S/C27H30N4O5/c1-3-35-25(32)23(13-17-15-28-21-11-7-5-9-19(17)21)30-27(34)31-24(26(33)36-4-2)14-18-16-29-22-12-8-6-10-20(18)22/h5-12,15-16,23-24,28-29H,3-4,13-14H2,1-2H3,(H2,30,31,34). The Labute approximate surface area is 208 Å². The van der Waals surface area contributed by atoms with Crippen molar-refractivity contribution in [3.63, 3.8) is 0 Å². The van der Waals surface area contributed by atoms with E-state index in [4.69, 9.17) is 9.47 Å². The van der Waals surface area contributed by atoms with Gasteiger partial charge in [-0.05, 0) is 37.1 Å². The third-order valence-electron chi connectivity index (χ3n) is 5.95. The predicted octanol–water partition coefficient (Wildman–Crippen LogP) is 3.60. The van der Waals surface area contributed by atoms with Crippen LogP contribution >= 0.6 is 0 Å². The summed E-state index contributed by atoms with van der Waals surface area (Å²) in [5.41, 5.74) is 3.59. The number of benzene rings is 2. The third-order valence-corrected chi connectivity index (χ3v) is 5.95. The number of urea groups is 1. The molecule has 2 aromatic heterocycles. The van der Waals surface area contributed by atoms with E-state index in [0.717, 1.165) is 32.9 Å². The van der Waals surface area contributed by atoms with Gasteiger partial charge >= 0.3 is 18.0 Å². The summed E-state index contributed by atoms with van der Waals surface area (Å²) in [5, 5.41) is 7.30. The molecule has 4 N–H and O–H groups in total. The van der Waals surface area contributed by atoms with E-state index in [9.17, 15) is 14.4 Å².